The van der Waals surface area contributed by atoms with Crippen molar-refractivity contribution in [3.05, 3.63) is 50.7 Å². The summed E-state index contributed by atoms with van der Waals surface area (Å²) in [5.41, 5.74) is 1.12. The van der Waals surface area contributed by atoms with Gasteiger partial charge in [-0.3, -0.25) is 0 Å². The van der Waals surface area contributed by atoms with E-state index in [-0.39, 0.29) is 6.61 Å². The van der Waals surface area contributed by atoms with Gasteiger partial charge in [0.1, 0.15) is 29.9 Å². The molecule has 0 atom stereocenters. The maximum Gasteiger partial charge on any atom is 0.147 e. The standard InChI is InChI=1S/C14H10Br2N2O2/c1-19-13-5-11(16)14(6-10(13)15)20-8-9-3-2-4-18-12(9)7-17/h2-6H,8H2,1H3. The molecule has 0 saturated heterocycles. The van der Waals surface area contributed by atoms with E-state index >= 15 is 0 Å². The van der Waals surface area contributed by atoms with Gasteiger partial charge < -0.3 is 9.47 Å². The van der Waals surface area contributed by atoms with Crippen molar-refractivity contribution in [1.82, 2.24) is 4.98 Å². The molecule has 1 aromatic heterocycles. The highest BCUT2D eigenvalue weighted by molar-refractivity contribution is 9.11. The SMILES string of the molecule is COc1cc(Br)c(OCc2cccnc2C#N)cc1Br. The van der Waals surface area contributed by atoms with Crippen LogP contribution < -0.4 is 9.47 Å². The molecule has 0 bridgehead atoms. The molecule has 0 aliphatic rings. The zero-order valence-electron chi connectivity index (χ0n) is 10.6. The fourth-order valence-corrected chi connectivity index (χ4v) is 2.51. The van der Waals surface area contributed by atoms with Gasteiger partial charge in [0.15, 0.2) is 0 Å². The number of hydrogen-bond acceptors (Lipinski definition) is 4. The van der Waals surface area contributed by atoms with Gasteiger partial charge in [-0.2, -0.15) is 5.26 Å². The zero-order valence-corrected chi connectivity index (χ0v) is 13.7. The van der Waals surface area contributed by atoms with Crippen LogP contribution in [0.4, 0.5) is 0 Å². The molecule has 102 valence electrons. The summed E-state index contributed by atoms with van der Waals surface area (Å²) in [7, 11) is 1.60. The van der Waals surface area contributed by atoms with Crippen molar-refractivity contribution < 1.29 is 9.47 Å². The lowest BCUT2D eigenvalue weighted by Gasteiger charge is -2.11. The van der Waals surface area contributed by atoms with Crippen LogP contribution in [-0.2, 0) is 6.61 Å². The first-order valence-electron chi connectivity index (χ1n) is 5.65. The lowest BCUT2D eigenvalue weighted by molar-refractivity contribution is 0.302. The molecule has 20 heavy (non-hydrogen) atoms. The smallest absolute Gasteiger partial charge is 0.147 e. The lowest BCUT2D eigenvalue weighted by atomic mass is 10.2. The van der Waals surface area contributed by atoms with Crippen LogP contribution in [0.5, 0.6) is 11.5 Å². The predicted molar refractivity (Wildman–Crippen MR) is 81.7 cm³/mol. The Labute approximate surface area is 133 Å². The molecule has 0 unspecified atom stereocenters. The molecule has 1 heterocycles. The van der Waals surface area contributed by atoms with Gasteiger partial charge in [0, 0.05) is 11.8 Å². The van der Waals surface area contributed by atoms with Gasteiger partial charge >= 0.3 is 0 Å². The number of hydrogen-bond donors (Lipinski definition) is 0. The van der Waals surface area contributed by atoms with Crippen molar-refractivity contribution in [2.75, 3.05) is 7.11 Å². The summed E-state index contributed by atoms with van der Waals surface area (Å²) in [5, 5.41) is 8.98. The molecule has 0 saturated carbocycles. The molecule has 0 spiro atoms. The van der Waals surface area contributed by atoms with Crippen LogP contribution in [0.2, 0.25) is 0 Å². The fraction of sp³-hybridized carbons (Fsp3) is 0.143. The van der Waals surface area contributed by atoms with Gasteiger partial charge in [-0.1, -0.05) is 6.07 Å². The van der Waals surface area contributed by atoms with Crippen LogP contribution >= 0.6 is 31.9 Å². The molecular formula is C14H10Br2N2O2. The Kier molecular flexibility index (Phi) is 4.99. The van der Waals surface area contributed by atoms with Crippen molar-refractivity contribution >= 4 is 31.9 Å². The maximum absolute atomic E-state index is 8.98. The molecule has 2 rings (SSSR count). The van der Waals surface area contributed by atoms with Crippen molar-refractivity contribution in [2.24, 2.45) is 0 Å². The fourth-order valence-electron chi connectivity index (χ4n) is 1.59. The topological polar surface area (TPSA) is 55.1 Å². The van der Waals surface area contributed by atoms with Gasteiger partial charge in [0.05, 0.1) is 16.1 Å². The Bertz CT molecular complexity index is 669. The number of halogens is 2. The van der Waals surface area contributed by atoms with Crippen LogP contribution in [0.15, 0.2) is 39.4 Å². The first-order valence-corrected chi connectivity index (χ1v) is 7.24. The summed E-state index contributed by atoms with van der Waals surface area (Å²) in [6, 6.07) is 9.26. The largest absolute Gasteiger partial charge is 0.496 e. The molecule has 0 N–H and O–H groups in total. The third-order valence-corrected chi connectivity index (χ3v) is 3.83. The molecule has 6 heteroatoms. The van der Waals surface area contributed by atoms with Gasteiger partial charge in [-0.05, 0) is 50.1 Å². The maximum atomic E-state index is 8.98. The molecular weight excluding hydrogens is 388 g/mol. The minimum atomic E-state index is 0.272. The number of methoxy groups -OCH3 is 1. The van der Waals surface area contributed by atoms with Crippen LogP contribution in [0, 0.1) is 11.3 Å². The van der Waals surface area contributed by atoms with Crippen molar-refractivity contribution in [3.8, 4) is 17.6 Å². The molecule has 0 fully saturated rings. The zero-order chi connectivity index (χ0) is 14.5. The number of rotatable bonds is 4. The minimum absolute atomic E-state index is 0.272. The average Bonchev–Trinajstić information content (AvgIpc) is 2.48. The molecule has 4 nitrogen and oxygen atoms in total. The van der Waals surface area contributed by atoms with E-state index in [0.717, 1.165) is 14.5 Å². The quantitative estimate of drug-likeness (QED) is 0.780. The van der Waals surface area contributed by atoms with E-state index in [1.807, 2.05) is 24.3 Å². The van der Waals surface area contributed by atoms with Gasteiger partial charge in [0.2, 0.25) is 0 Å². The third-order valence-electron chi connectivity index (χ3n) is 2.59. The van der Waals surface area contributed by atoms with E-state index in [9.17, 15) is 0 Å². The minimum Gasteiger partial charge on any atom is -0.496 e. The number of aromatic nitrogens is 1. The van der Waals surface area contributed by atoms with Gasteiger partial charge in [0.25, 0.3) is 0 Å². The summed E-state index contributed by atoms with van der Waals surface area (Å²) in [4.78, 5) is 3.99. The Morgan fingerprint density at radius 3 is 2.65 bits per heavy atom. The Balaban J connectivity index is 2.19. The highest BCUT2D eigenvalue weighted by Gasteiger charge is 2.10. The second kappa shape index (κ2) is 6.73. The summed E-state index contributed by atoms with van der Waals surface area (Å²) in [6.07, 6.45) is 1.59. The number of nitriles is 1. The summed E-state index contributed by atoms with van der Waals surface area (Å²) >= 11 is 6.83. The average molecular weight is 398 g/mol. The Morgan fingerprint density at radius 2 is 1.95 bits per heavy atom. The monoisotopic (exact) mass is 396 g/mol. The Hall–Kier alpha value is -1.58. The summed E-state index contributed by atoms with van der Waals surface area (Å²) < 4.78 is 12.5. The number of nitrogens with zero attached hydrogens (tertiary/aromatic N) is 2. The van der Waals surface area contributed by atoms with E-state index in [4.69, 9.17) is 14.7 Å². The highest BCUT2D eigenvalue weighted by Crippen LogP contribution is 2.36. The normalized spacial score (nSPS) is 9.90. The molecule has 1 aromatic carbocycles. The predicted octanol–water partition coefficient (Wildman–Crippen LogP) is 4.07. The molecule has 0 aliphatic heterocycles. The highest BCUT2D eigenvalue weighted by atomic mass is 79.9. The van der Waals surface area contributed by atoms with E-state index in [1.54, 1.807) is 19.4 Å². The van der Waals surface area contributed by atoms with Gasteiger partial charge in [-0.15, -0.1) is 0 Å². The molecule has 0 aliphatic carbocycles. The molecule has 0 amide bonds. The second-order valence-electron chi connectivity index (χ2n) is 3.83. The van der Waals surface area contributed by atoms with Crippen LogP contribution in [0.3, 0.4) is 0 Å². The third kappa shape index (κ3) is 3.30. The van der Waals surface area contributed by atoms with Crippen molar-refractivity contribution in [1.29, 1.82) is 5.26 Å². The van der Waals surface area contributed by atoms with Crippen LogP contribution in [0.25, 0.3) is 0 Å². The van der Waals surface area contributed by atoms with E-state index in [2.05, 4.69) is 36.8 Å². The van der Waals surface area contributed by atoms with E-state index in [1.165, 1.54) is 0 Å². The summed E-state index contributed by atoms with van der Waals surface area (Å²) in [6.45, 7) is 0.272. The molecule has 2 aromatic rings. The number of pyridine rings is 1. The number of ether oxygens (including phenoxy) is 2. The number of benzene rings is 1. The first-order chi connectivity index (χ1) is 9.65. The van der Waals surface area contributed by atoms with E-state index < -0.39 is 0 Å². The van der Waals surface area contributed by atoms with Crippen molar-refractivity contribution in [2.45, 2.75) is 6.61 Å². The second-order valence-corrected chi connectivity index (χ2v) is 5.54. The van der Waals surface area contributed by atoms with Crippen LogP contribution in [0.1, 0.15) is 11.3 Å². The summed E-state index contributed by atoms with van der Waals surface area (Å²) in [5.74, 6) is 1.37. The Morgan fingerprint density at radius 1 is 1.25 bits per heavy atom. The van der Waals surface area contributed by atoms with Crippen molar-refractivity contribution in [3.63, 3.8) is 0 Å². The first kappa shape index (κ1) is 14.8. The van der Waals surface area contributed by atoms with Gasteiger partial charge in [-0.25, -0.2) is 4.98 Å². The van der Waals surface area contributed by atoms with Crippen LogP contribution in [-0.4, -0.2) is 12.1 Å². The lowest BCUT2D eigenvalue weighted by Crippen LogP contribution is -2.00. The molecule has 0 radical (unpaired) electrons. The van der Waals surface area contributed by atoms with E-state index in [0.29, 0.717) is 17.2 Å².